The van der Waals surface area contributed by atoms with Crippen LogP contribution in [-0.4, -0.2) is 34.3 Å². The third-order valence-corrected chi connectivity index (χ3v) is 5.52. The summed E-state index contributed by atoms with van der Waals surface area (Å²) in [6, 6.07) is 4.07. The molecule has 1 saturated heterocycles. The molecule has 2 fully saturated rings. The molecule has 3 rings (SSSR count). The molecule has 1 aliphatic heterocycles. The van der Waals surface area contributed by atoms with Crippen molar-refractivity contribution in [2.24, 2.45) is 11.8 Å². The Morgan fingerprint density at radius 1 is 1.25 bits per heavy atom. The Balaban J connectivity index is 1.56. The number of amides is 2. The smallest absolute Gasteiger partial charge is 0.225 e. The molecule has 1 aromatic heterocycles. The SMILES string of the molecule is CC1CCC(N2CC(C(=O)NC(C)c3ccncc3)CC2=O)CC1. The van der Waals surface area contributed by atoms with Gasteiger partial charge in [0.25, 0.3) is 0 Å². The number of pyridine rings is 1. The highest BCUT2D eigenvalue weighted by Crippen LogP contribution is 2.31. The van der Waals surface area contributed by atoms with E-state index < -0.39 is 0 Å². The van der Waals surface area contributed by atoms with Crippen LogP contribution in [0, 0.1) is 11.8 Å². The summed E-state index contributed by atoms with van der Waals surface area (Å²) < 4.78 is 0. The number of nitrogens with zero attached hydrogens (tertiary/aromatic N) is 2. The van der Waals surface area contributed by atoms with E-state index in [9.17, 15) is 9.59 Å². The van der Waals surface area contributed by atoms with Crippen LogP contribution in [0.4, 0.5) is 0 Å². The summed E-state index contributed by atoms with van der Waals surface area (Å²) >= 11 is 0. The second-order valence-corrected chi connectivity index (χ2v) is 7.37. The lowest BCUT2D eigenvalue weighted by molar-refractivity contribution is -0.131. The first-order chi connectivity index (χ1) is 11.5. The highest BCUT2D eigenvalue weighted by atomic mass is 16.2. The highest BCUT2D eigenvalue weighted by Gasteiger charge is 2.38. The monoisotopic (exact) mass is 329 g/mol. The third kappa shape index (κ3) is 3.77. The number of aromatic nitrogens is 1. The van der Waals surface area contributed by atoms with Crippen molar-refractivity contribution >= 4 is 11.8 Å². The summed E-state index contributed by atoms with van der Waals surface area (Å²) in [5.41, 5.74) is 1.03. The lowest BCUT2D eigenvalue weighted by Crippen LogP contribution is -2.40. The fourth-order valence-corrected chi connectivity index (χ4v) is 3.88. The first-order valence-corrected chi connectivity index (χ1v) is 9.04. The molecule has 2 amide bonds. The number of carbonyl (C=O) groups excluding carboxylic acids is 2. The van der Waals surface area contributed by atoms with E-state index in [1.165, 1.54) is 12.8 Å². The normalized spacial score (nSPS) is 28.7. The Hall–Kier alpha value is -1.91. The fourth-order valence-electron chi connectivity index (χ4n) is 3.88. The quantitative estimate of drug-likeness (QED) is 0.924. The Morgan fingerprint density at radius 3 is 2.58 bits per heavy atom. The van der Waals surface area contributed by atoms with Crippen LogP contribution in [0.15, 0.2) is 24.5 Å². The minimum atomic E-state index is -0.221. The minimum Gasteiger partial charge on any atom is -0.349 e. The van der Waals surface area contributed by atoms with Crippen LogP contribution in [0.2, 0.25) is 0 Å². The van der Waals surface area contributed by atoms with Crippen LogP contribution in [-0.2, 0) is 9.59 Å². The van der Waals surface area contributed by atoms with Crippen molar-refractivity contribution < 1.29 is 9.59 Å². The minimum absolute atomic E-state index is 0.0145. The van der Waals surface area contributed by atoms with Crippen LogP contribution in [0.1, 0.15) is 57.6 Å². The molecule has 24 heavy (non-hydrogen) atoms. The van der Waals surface area contributed by atoms with Crippen molar-refractivity contribution in [2.45, 2.75) is 58.0 Å². The van der Waals surface area contributed by atoms with Crippen LogP contribution in [0.5, 0.6) is 0 Å². The van der Waals surface area contributed by atoms with Gasteiger partial charge in [-0.1, -0.05) is 6.92 Å². The van der Waals surface area contributed by atoms with Gasteiger partial charge in [-0.3, -0.25) is 14.6 Å². The van der Waals surface area contributed by atoms with Gasteiger partial charge in [-0.05, 0) is 56.2 Å². The number of likely N-dealkylation sites (tertiary alicyclic amines) is 1. The van der Waals surface area contributed by atoms with Gasteiger partial charge in [0.15, 0.2) is 0 Å². The molecule has 5 heteroatoms. The maximum Gasteiger partial charge on any atom is 0.225 e. The van der Waals surface area contributed by atoms with Gasteiger partial charge in [0.1, 0.15) is 0 Å². The van der Waals surface area contributed by atoms with Gasteiger partial charge in [0.2, 0.25) is 11.8 Å². The van der Waals surface area contributed by atoms with Gasteiger partial charge in [-0.2, -0.15) is 0 Å². The van der Waals surface area contributed by atoms with E-state index >= 15 is 0 Å². The van der Waals surface area contributed by atoms with Crippen molar-refractivity contribution in [1.29, 1.82) is 0 Å². The number of hydrogen-bond acceptors (Lipinski definition) is 3. The second-order valence-electron chi connectivity index (χ2n) is 7.37. The zero-order chi connectivity index (χ0) is 17.1. The molecule has 2 atom stereocenters. The maximum atomic E-state index is 12.5. The zero-order valence-electron chi connectivity index (χ0n) is 14.6. The van der Waals surface area contributed by atoms with Crippen molar-refractivity contribution in [3.63, 3.8) is 0 Å². The predicted octanol–water partition coefficient (Wildman–Crippen LogP) is 2.69. The Bertz CT molecular complexity index is 582. The van der Waals surface area contributed by atoms with Gasteiger partial charge in [-0.15, -0.1) is 0 Å². The lowest BCUT2D eigenvalue weighted by atomic mass is 9.87. The lowest BCUT2D eigenvalue weighted by Gasteiger charge is -2.33. The summed E-state index contributed by atoms with van der Waals surface area (Å²) in [4.78, 5) is 30.9. The molecule has 2 unspecified atom stereocenters. The molecule has 1 saturated carbocycles. The van der Waals surface area contributed by atoms with Gasteiger partial charge < -0.3 is 10.2 Å². The van der Waals surface area contributed by atoms with Crippen LogP contribution in [0.3, 0.4) is 0 Å². The summed E-state index contributed by atoms with van der Waals surface area (Å²) in [6.07, 6.45) is 8.32. The van der Waals surface area contributed by atoms with E-state index in [-0.39, 0.29) is 23.8 Å². The number of hydrogen-bond donors (Lipinski definition) is 1. The first kappa shape index (κ1) is 16.9. The summed E-state index contributed by atoms with van der Waals surface area (Å²) in [5.74, 6) is 0.672. The van der Waals surface area contributed by atoms with E-state index in [4.69, 9.17) is 0 Å². The molecule has 0 aromatic carbocycles. The van der Waals surface area contributed by atoms with E-state index in [1.54, 1.807) is 12.4 Å². The van der Waals surface area contributed by atoms with E-state index in [0.717, 1.165) is 24.3 Å². The summed E-state index contributed by atoms with van der Waals surface area (Å²) in [6.45, 7) is 4.82. The van der Waals surface area contributed by atoms with Gasteiger partial charge in [0, 0.05) is 31.4 Å². The molecule has 2 heterocycles. The fraction of sp³-hybridized carbons (Fsp3) is 0.632. The molecular formula is C19H27N3O2. The third-order valence-electron chi connectivity index (χ3n) is 5.52. The molecule has 1 N–H and O–H groups in total. The zero-order valence-corrected chi connectivity index (χ0v) is 14.6. The van der Waals surface area contributed by atoms with Gasteiger partial charge >= 0.3 is 0 Å². The molecule has 0 spiro atoms. The number of carbonyl (C=O) groups is 2. The average Bonchev–Trinajstić information content (AvgIpc) is 2.98. The molecule has 0 radical (unpaired) electrons. The van der Waals surface area contributed by atoms with Crippen LogP contribution >= 0.6 is 0 Å². The topological polar surface area (TPSA) is 62.3 Å². The van der Waals surface area contributed by atoms with E-state index in [0.29, 0.717) is 19.0 Å². The van der Waals surface area contributed by atoms with E-state index in [1.807, 2.05) is 24.0 Å². The molecule has 5 nitrogen and oxygen atoms in total. The molecular weight excluding hydrogens is 302 g/mol. The average molecular weight is 329 g/mol. The van der Waals surface area contributed by atoms with Crippen molar-refractivity contribution in [3.05, 3.63) is 30.1 Å². The van der Waals surface area contributed by atoms with Gasteiger partial charge in [0.05, 0.1) is 12.0 Å². The van der Waals surface area contributed by atoms with Crippen molar-refractivity contribution in [2.75, 3.05) is 6.54 Å². The number of nitrogens with one attached hydrogen (secondary N) is 1. The van der Waals surface area contributed by atoms with Crippen molar-refractivity contribution in [1.82, 2.24) is 15.2 Å². The van der Waals surface area contributed by atoms with Crippen molar-refractivity contribution in [3.8, 4) is 0 Å². The largest absolute Gasteiger partial charge is 0.349 e. The number of rotatable bonds is 4. The summed E-state index contributed by atoms with van der Waals surface area (Å²) in [7, 11) is 0. The molecule has 1 aromatic rings. The van der Waals surface area contributed by atoms with Crippen LogP contribution in [0.25, 0.3) is 0 Å². The first-order valence-electron chi connectivity index (χ1n) is 9.04. The molecule has 0 bridgehead atoms. The highest BCUT2D eigenvalue weighted by molar-refractivity contribution is 5.89. The Morgan fingerprint density at radius 2 is 1.92 bits per heavy atom. The molecule has 130 valence electrons. The van der Waals surface area contributed by atoms with Gasteiger partial charge in [-0.25, -0.2) is 0 Å². The second kappa shape index (κ2) is 7.32. The predicted molar refractivity (Wildman–Crippen MR) is 92.0 cm³/mol. The Labute approximate surface area is 143 Å². The summed E-state index contributed by atoms with van der Waals surface area (Å²) in [5, 5.41) is 3.04. The molecule has 1 aliphatic carbocycles. The molecule has 2 aliphatic rings. The van der Waals surface area contributed by atoms with E-state index in [2.05, 4.69) is 17.2 Å². The maximum absolute atomic E-state index is 12.5. The standard InChI is InChI=1S/C19H27N3O2/c1-13-3-5-17(6-4-13)22-12-16(11-18(22)23)19(24)21-14(2)15-7-9-20-10-8-15/h7-10,13-14,16-17H,3-6,11-12H2,1-2H3,(H,21,24). The van der Waals surface area contributed by atoms with Crippen LogP contribution < -0.4 is 5.32 Å². The Kier molecular flexibility index (Phi) is 5.17.